The number of hydrogen-bond acceptors (Lipinski definition) is 7. The van der Waals surface area contributed by atoms with Crippen LogP contribution in [0.3, 0.4) is 0 Å². The van der Waals surface area contributed by atoms with Gasteiger partial charge in [-0.25, -0.2) is 0 Å². The Labute approximate surface area is 178 Å². The first-order chi connectivity index (χ1) is 13.7. The van der Waals surface area contributed by atoms with Crippen LogP contribution in [0.5, 0.6) is 11.5 Å². The fourth-order valence-electron chi connectivity index (χ4n) is 2.21. The normalized spacial score (nSPS) is 14.4. The first-order valence-corrected chi connectivity index (χ1v) is 9.98. The number of ether oxygens (including phenoxy) is 2. The summed E-state index contributed by atoms with van der Waals surface area (Å²) in [5.41, 5.74) is 0.783. The number of nitrogens with zero attached hydrogens (tertiary/aromatic N) is 1. The highest BCUT2D eigenvalue weighted by atomic mass is 32.2. The monoisotopic (exact) mass is 441 g/mol. The Morgan fingerprint density at radius 3 is 2.31 bits per heavy atom. The summed E-state index contributed by atoms with van der Waals surface area (Å²) in [4.78, 5) is 33.9. The van der Waals surface area contributed by atoms with E-state index < -0.39 is 11.9 Å². The maximum Gasteiger partial charge on any atom is 0.305 e. The van der Waals surface area contributed by atoms with Crippen LogP contribution in [0.4, 0.5) is 0 Å². The van der Waals surface area contributed by atoms with E-state index in [-0.39, 0.29) is 18.9 Å². The maximum absolute atomic E-state index is 12.4. The molecule has 158 valence electrons. The molecule has 1 amide bonds. The Bertz CT molecular complexity index is 804. The number of aliphatic carboxylic acids is 2. The van der Waals surface area contributed by atoms with E-state index in [2.05, 4.69) is 0 Å². The number of amides is 1. The molecule has 1 aliphatic heterocycles. The molecular weight excluding hydrogens is 418 g/mol. The summed E-state index contributed by atoms with van der Waals surface area (Å²) in [5, 5.41) is 16.2. The standard InChI is InChI=1S/C17H19NO5S2.C2H4O2/c1-3-22-12-6-5-11(9-13(12)23-4-2)10-14-16(21)18(17(24)25-14)8-7-15(19)20;1-2(3)4/h5-6,9-10H,3-4,7-8H2,1-2H3,(H,19,20);1H3,(H,3,4)/b14-10-;. The van der Waals surface area contributed by atoms with Gasteiger partial charge in [-0.15, -0.1) is 0 Å². The van der Waals surface area contributed by atoms with Gasteiger partial charge >= 0.3 is 5.97 Å². The molecule has 1 aromatic carbocycles. The van der Waals surface area contributed by atoms with Crippen molar-refractivity contribution in [2.75, 3.05) is 19.8 Å². The number of hydrogen-bond donors (Lipinski definition) is 2. The van der Waals surface area contributed by atoms with Crippen molar-refractivity contribution in [3.8, 4) is 11.5 Å². The number of carbonyl (C=O) groups excluding carboxylic acids is 1. The zero-order chi connectivity index (χ0) is 22.0. The molecule has 29 heavy (non-hydrogen) atoms. The molecule has 0 radical (unpaired) electrons. The van der Waals surface area contributed by atoms with Crippen LogP contribution in [0.1, 0.15) is 32.8 Å². The van der Waals surface area contributed by atoms with Gasteiger partial charge in [-0.05, 0) is 37.6 Å². The zero-order valence-electron chi connectivity index (χ0n) is 16.3. The number of benzene rings is 1. The van der Waals surface area contributed by atoms with Crippen LogP contribution in [0.25, 0.3) is 6.08 Å². The first kappa shape index (κ1) is 24.4. The van der Waals surface area contributed by atoms with E-state index in [9.17, 15) is 9.59 Å². The molecule has 2 N–H and O–H groups in total. The molecule has 1 aliphatic rings. The molecule has 2 rings (SSSR count). The average Bonchev–Trinajstić information content (AvgIpc) is 2.88. The highest BCUT2D eigenvalue weighted by molar-refractivity contribution is 8.26. The Kier molecular flexibility index (Phi) is 10.2. The third-order valence-electron chi connectivity index (χ3n) is 3.29. The largest absolute Gasteiger partial charge is 0.490 e. The van der Waals surface area contributed by atoms with Crippen molar-refractivity contribution in [3.05, 3.63) is 28.7 Å². The lowest BCUT2D eigenvalue weighted by Gasteiger charge is -2.12. The molecule has 1 saturated heterocycles. The summed E-state index contributed by atoms with van der Waals surface area (Å²) in [6.45, 7) is 5.97. The fraction of sp³-hybridized carbons (Fsp3) is 0.368. The van der Waals surface area contributed by atoms with Crippen molar-refractivity contribution >= 4 is 52.2 Å². The maximum atomic E-state index is 12.4. The average molecular weight is 442 g/mol. The van der Waals surface area contributed by atoms with Crippen LogP contribution in [-0.2, 0) is 14.4 Å². The summed E-state index contributed by atoms with van der Waals surface area (Å²) in [6, 6.07) is 5.43. The lowest BCUT2D eigenvalue weighted by Crippen LogP contribution is -2.30. The second kappa shape index (κ2) is 12.1. The highest BCUT2D eigenvalue weighted by Gasteiger charge is 2.32. The third kappa shape index (κ3) is 8.12. The smallest absolute Gasteiger partial charge is 0.305 e. The van der Waals surface area contributed by atoms with E-state index in [1.807, 2.05) is 19.9 Å². The minimum atomic E-state index is -0.967. The zero-order valence-corrected chi connectivity index (χ0v) is 18.0. The molecule has 0 bridgehead atoms. The van der Waals surface area contributed by atoms with Crippen LogP contribution in [-0.4, -0.2) is 57.0 Å². The summed E-state index contributed by atoms with van der Waals surface area (Å²) >= 11 is 6.34. The van der Waals surface area contributed by atoms with Crippen LogP contribution in [0.2, 0.25) is 0 Å². The molecule has 0 atom stereocenters. The minimum absolute atomic E-state index is 0.0742. The van der Waals surface area contributed by atoms with E-state index in [0.29, 0.717) is 33.9 Å². The van der Waals surface area contributed by atoms with Gasteiger partial charge in [-0.3, -0.25) is 19.3 Å². The lowest BCUT2D eigenvalue weighted by molar-refractivity contribution is -0.137. The van der Waals surface area contributed by atoms with Gasteiger partial charge in [0.15, 0.2) is 11.5 Å². The third-order valence-corrected chi connectivity index (χ3v) is 4.67. The quantitative estimate of drug-likeness (QED) is 0.463. The molecule has 8 nitrogen and oxygen atoms in total. The molecule has 0 spiro atoms. The van der Waals surface area contributed by atoms with E-state index in [0.717, 1.165) is 12.5 Å². The molecule has 1 heterocycles. The molecule has 0 unspecified atom stereocenters. The van der Waals surface area contributed by atoms with Gasteiger partial charge in [0.2, 0.25) is 0 Å². The number of carboxylic acids is 2. The van der Waals surface area contributed by atoms with Gasteiger partial charge in [0, 0.05) is 13.5 Å². The summed E-state index contributed by atoms with van der Waals surface area (Å²) in [6.07, 6.45) is 1.58. The van der Waals surface area contributed by atoms with Gasteiger partial charge in [0.1, 0.15) is 4.32 Å². The topological polar surface area (TPSA) is 113 Å². The Morgan fingerprint density at radius 2 is 1.76 bits per heavy atom. The number of rotatable bonds is 8. The van der Waals surface area contributed by atoms with Gasteiger partial charge < -0.3 is 19.7 Å². The predicted molar refractivity (Wildman–Crippen MR) is 114 cm³/mol. The summed E-state index contributed by atoms with van der Waals surface area (Å²) in [5.74, 6) is -0.816. The van der Waals surface area contributed by atoms with E-state index in [1.54, 1.807) is 18.2 Å². The number of thiocarbonyl (C=S) groups is 1. The molecule has 1 aromatic rings. The van der Waals surface area contributed by atoms with Crippen molar-refractivity contribution in [2.24, 2.45) is 0 Å². The first-order valence-electron chi connectivity index (χ1n) is 8.75. The molecule has 0 aromatic heterocycles. The lowest BCUT2D eigenvalue weighted by atomic mass is 10.2. The van der Waals surface area contributed by atoms with Crippen molar-refractivity contribution in [1.82, 2.24) is 4.90 Å². The molecule has 1 fully saturated rings. The van der Waals surface area contributed by atoms with Gasteiger partial charge in [0.25, 0.3) is 11.9 Å². The van der Waals surface area contributed by atoms with E-state index in [1.165, 1.54) is 16.7 Å². The minimum Gasteiger partial charge on any atom is -0.490 e. The summed E-state index contributed by atoms with van der Waals surface area (Å²) < 4.78 is 11.5. The highest BCUT2D eigenvalue weighted by Crippen LogP contribution is 2.34. The van der Waals surface area contributed by atoms with Crippen LogP contribution >= 0.6 is 24.0 Å². The SMILES string of the molecule is CC(=O)O.CCOc1ccc(/C=C2\SC(=S)N(CCC(=O)O)C2=O)cc1OCC. The van der Waals surface area contributed by atoms with Crippen molar-refractivity contribution in [3.63, 3.8) is 0 Å². The second-order valence-electron chi connectivity index (χ2n) is 5.57. The van der Waals surface area contributed by atoms with Crippen molar-refractivity contribution < 1.29 is 34.1 Å². The molecule has 10 heteroatoms. The number of carboxylic acid groups (broad SMARTS) is 2. The van der Waals surface area contributed by atoms with Gasteiger partial charge in [-0.1, -0.05) is 30.0 Å². The summed E-state index contributed by atoms with van der Waals surface area (Å²) in [7, 11) is 0. The predicted octanol–water partition coefficient (Wildman–Crippen LogP) is 3.25. The van der Waals surface area contributed by atoms with E-state index in [4.69, 9.17) is 36.7 Å². The Balaban J connectivity index is 0.000000960. The van der Waals surface area contributed by atoms with E-state index >= 15 is 0 Å². The number of thioether (sulfide) groups is 1. The Morgan fingerprint density at radius 1 is 1.17 bits per heavy atom. The van der Waals surface area contributed by atoms with Gasteiger partial charge in [-0.2, -0.15) is 0 Å². The van der Waals surface area contributed by atoms with Crippen molar-refractivity contribution in [2.45, 2.75) is 27.2 Å². The fourth-order valence-corrected chi connectivity index (χ4v) is 3.52. The molecule has 0 saturated carbocycles. The molecule has 0 aliphatic carbocycles. The van der Waals surface area contributed by atoms with Gasteiger partial charge in [0.05, 0.1) is 24.5 Å². The van der Waals surface area contributed by atoms with Crippen LogP contribution in [0.15, 0.2) is 23.1 Å². The van der Waals surface area contributed by atoms with Crippen molar-refractivity contribution in [1.29, 1.82) is 0 Å². The molecular formula is C19H23NO7S2. The van der Waals surface area contributed by atoms with Crippen LogP contribution in [0, 0.1) is 0 Å². The Hall–Kier alpha value is -2.59. The van der Waals surface area contributed by atoms with Crippen LogP contribution < -0.4 is 9.47 Å². The second-order valence-corrected chi connectivity index (χ2v) is 7.24. The number of carbonyl (C=O) groups is 3.